The Hall–Kier alpha value is -2.36. The van der Waals surface area contributed by atoms with Crippen LogP contribution >= 0.6 is 0 Å². The first-order valence-corrected chi connectivity index (χ1v) is 17.2. The predicted molar refractivity (Wildman–Crippen MR) is 183 cm³/mol. The molecule has 0 aliphatic rings. The van der Waals surface area contributed by atoms with Crippen molar-refractivity contribution >= 4 is 11.9 Å². The third kappa shape index (κ3) is 44.7. The van der Waals surface area contributed by atoms with Crippen molar-refractivity contribution in [1.29, 1.82) is 0 Å². The Labute approximate surface area is 260 Å². The van der Waals surface area contributed by atoms with E-state index in [0.717, 1.165) is 44.9 Å². The average Bonchev–Trinajstić information content (AvgIpc) is 2.97. The fraction of sp³-hybridized carbons (Fsp3) is 0.684. The standard InChI is InChI=1S/C20H32O2.C18H34O2/c1-2-3-4-5-6-7-8-9-10-11-12-13-14-15-16-17-18-19-20(21)22;1-2-3-4-5-6-7-8-9-10-11-12-13-14-15-16-17-18(19)20/h6-7,9-10,12-13,15-16H,2-5,8,11,14,17-19H2,1H3,(H,21,22);9-10H,2-8,11-17H2,1H3,(H,19,20)/b7-6-,10-9-,13-12-,16-15-;10-9+. The summed E-state index contributed by atoms with van der Waals surface area (Å²) in [6.07, 6.45) is 48.6. The molecule has 0 saturated carbocycles. The molecule has 0 radical (unpaired) electrons. The van der Waals surface area contributed by atoms with Gasteiger partial charge in [0.25, 0.3) is 0 Å². The molecule has 0 rings (SSSR count). The lowest BCUT2D eigenvalue weighted by Gasteiger charge is -1.99. The second-order valence-electron chi connectivity index (χ2n) is 11.1. The van der Waals surface area contributed by atoms with Crippen LogP contribution in [0.1, 0.15) is 168 Å². The van der Waals surface area contributed by atoms with Crippen LogP contribution in [0.2, 0.25) is 0 Å². The summed E-state index contributed by atoms with van der Waals surface area (Å²) < 4.78 is 0. The molecule has 0 saturated heterocycles. The van der Waals surface area contributed by atoms with E-state index in [1.54, 1.807) is 0 Å². The fourth-order valence-corrected chi connectivity index (χ4v) is 4.28. The van der Waals surface area contributed by atoms with Crippen molar-refractivity contribution in [2.24, 2.45) is 0 Å². The maximum atomic E-state index is 10.3. The molecule has 0 spiro atoms. The van der Waals surface area contributed by atoms with Crippen molar-refractivity contribution in [3.8, 4) is 0 Å². The second-order valence-corrected chi connectivity index (χ2v) is 11.1. The quantitative estimate of drug-likeness (QED) is 0.0675. The minimum absolute atomic E-state index is 0.262. The first kappa shape index (κ1) is 41.8. The zero-order valence-corrected chi connectivity index (χ0v) is 27.5. The third-order valence-electron chi connectivity index (χ3n) is 6.87. The Morgan fingerprint density at radius 3 is 1.12 bits per heavy atom. The molecule has 0 fully saturated rings. The van der Waals surface area contributed by atoms with Crippen LogP contribution in [0.5, 0.6) is 0 Å². The van der Waals surface area contributed by atoms with Gasteiger partial charge in [-0.3, -0.25) is 9.59 Å². The molecular weight excluding hydrogens is 520 g/mol. The van der Waals surface area contributed by atoms with E-state index in [4.69, 9.17) is 10.2 Å². The van der Waals surface area contributed by atoms with E-state index in [0.29, 0.717) is 6.42 Å². The summed E-state index contributed by atoms with van der Waals surface area (Å²) in [5.74, 6) is -1.38. The zero-order chi connectivity index (χ0) is 31.2. The molecule has 0 aromatic rings. The van der Waals surface area contributed by atoms with Gasteiger partial charge in [-0.25, -0.2) is 0 Å². The largest absolute Gasteiger partial charge is 0.481 e. The lowest BCUT2D eigenvalue weighted by Crippen LogP contribution is -1.93. The predicted octanol–water partition coefficient (Wildman–Crippen LogP) is 12.3. The van der Waals surface area contributed by atoms with Gasteiger partial charge in [0.15, 0.2) is 0 Å². The molecule has 0 atom stereocenters. The summed E-state index contributed by atoms with van der Waals surface area (Å²) in [5.41, 5.74) is 0. The number of carboxylic acid groups (broad SMARTS) is 2. The molecule has 0 bridgehead atoms. The lowest BCUT2D eigenvalue weighted by molar-refractivity contribution is -0.138. The van der Waals surface area contributed by atoms with E-state index < -0.39 is 11.9 Å². The molecule has 4 nitrogen and oxygen atoms in total. The van der Waals surface area contributed by atoms with E-state index in [9.17, 15) is 9.59 Å². The maximum absolute atomic E-state index is 10.3. The maximum Gasteiger partial charge on any atom is 0.303 e. The monoisotopic (exact) mass is 586 g/mol. The molecule has 242 valence electrons. The molecule has 0 aliphatic heterocycles. The van der Waals surface area contributed by atoms with Crippen molar-refractivity contribution in [3.05, 3.63) is 60.8 Å². The van der Waals surface area contributed by atoms with Gasteiger partial charge in [0.05, 0.1) is 0 Å². The average molecular weight is 587 g/mol. The SMILES string of the molecule is CCCCC/C=C\C/C=C\C/C=C\C/C=C\CCCC(=O)O.CCCCCCCC/C=C/CCCCCCCC(=O)O. The first-order valence-electron chi connectivity index (χ1n) is 17.2. The molecule has 0 unspecified atom stereocenters. The number of hydrogen-bond acceptors (Lipinski definition) is 2. The van der Waals surface area contributed by atoms with Crippen molar-refractivity contribution in [2.75, 3.05) is 0 Å². The van der Waals surface area contributed by atoms with Gasteiger partial charge in [-0.1, -0.05) is 139 Å². The second kappa shape index (κ2) is 38.6. The minimum atomic E-state index is -0.712. The molecule has 0 amide bonds. The number of hydrogen-bond donors (Lipinski definition) is 2. The summed E-state index contributed by atoms with van der Waals surface area (Å²) in [4.78, 5) is 20.6. The van der Waals surface area contributed by atoms with Crippen LogP contribution in [0.15, 0.2) is 60.8 Å². The van der Waals surface area contributed by atoms with Crippen LogP contribution < -0.4 is 0 Å². The third-order valence-corrected chi connectivity index (χ3v) is 6.87. The smallest absolute Gasteiger partial charge is 0.303 e. The minimum Gasteiger partial charge on any atom is -0.481 e. The molecule has 0 aliphatic carbocycles. The Balaban J connectivity index is 0. The van der Waals surface area contributed by atoms with Gasteiger partial charge in [-0.15, -0.1) is 0 Å². The van der Waals surface area contributed by atoms with Crippen molar-refractivity contribution in [2.45, 2.75) is 168 Å². The lowest BCUT2D eigenvalue weighted by atomic mass is 10.1. The van der Waals surface area contributed by atoms with Gasteiger partial charge < -0.3 is 10.2 Å². The fourth-order valence-electron chi connectivity index (χ4n) is 4.28. The Bertz CT molecular complexity index is 715. The number of carbonyl (C=O) groups is 2. The van der Waals surface area contributed by atoms with Crippen LogP contribution in [0.3, 0.4) is 0 Å². The van der Waals surface area contributed by atoms with Crippen LogP contribution in [0.4, 0.5) is 0 Å². The van der Waals surface area contributed by atoms with E-state index >= 15 is 0 Å². The van der Waals surface area contributed by atoms with E-state index in [1.807, 2.05) is 0 Å². The Morgan fingerprint density at radius 1 is 0.381 bits per heavy atom. The van der Waals surface area contributed by atoms with Gasteiger partial charge in [0, 0.05) is 12.8 Å². The summed E-state index contributed by atoms with van der Waals surface area (Å²) in [7, 11) is 0. The van der Waals surface area contributed by atoms with Gasteiger partial charge in [-0.2, -0.15) is 0 Å². The summed E-state index contributed by atoms with van der Waals surface area (Å²) in [6, 6.07) is 0. The highest BCUT2D eigenvalue weighted by Crippen LogP contribution is 2.10. The molecule has 0 aromatic heterocycles. The Morgan fingerprint density at radius 2 is 0.667 bits per heavy atom. The van der Waals surface area contributed by atoms with Gasteiger partial charge in [0.1, 0.15) is 0 Å². The summed E-state index contributed by atoms with van der Waals surface area (Å²) in [5, 5.41) is 17.0. The Kier molecular flexibility index (Phi) is 38.4. The van der Waals surface area contributed by atoms with E-state index in [1.165, 1.54) is 96.3 Å². The highest BCUT2D eigenvalue weighted by Gasteiger charge is 1.96. The summed E-state index contributed by atoms with van der Waals surface area (Å²) >= 11 is 0. The van der Waals surface area contributed by atoms with Gasteiger partial charge in [-0.05, 0) is 77.0 Å². The number of allylic oxidation sites excluding steroid dienone is 10. The van der Waals surface area contributed by atoms with Gasteiger partial charge in [0.2, 0.25) is 0 Å². The molecule has 42 heavy (non-hydrogen) atoms. The molecular formula is C38H66O4. The van der Waals surface area contributed by atoms with E-state index in [2.05, 4.69) is 74.6 Å². The molecule has 4 heteroatoms. The van der Waals surface area contributed by atoms with Crippen LogP contribution in [0, 0.1) is 0 Å². The van der Waals surface area contributed by atoms with Crippen molar-refractivity contribution in [1.82, 2.24) is 0 Å². The molecule has 0 heterocycles. The zero-order valence-electron chi connectivity index (χ0n) is 27.5. The van der Waals surface area contributed by atoms with Crippen molar-refractivity contribution in [3.63, 3.8) is 0 Å². The molecule has 2 N–H and O–H groups in total. The number of rotatable bonds is 29. The summed E-state index contributed by atoms with van der Waals surface area (Å²) in [6.45, 7) is 4.49. The number of carboxylic acids is 2. The van der Waals surface area contributed by atoms with Gasteiger partial charge >= 0.3 is 11.9 Å². The first-order chi connectivity index (χ1) is 20.5. The van der Waals surface area contributed by atoms with Crippen LogP contribution in [-0.4, -0.2) is 22.2 Å². The van der Waals surface area contributed by atoms with Crippen molar-refractivity contribution < 1.29 is 19.8 Å². The molecule has 0 aromatic carbocycles. The number of unbranched alkanes of at least 4 members (excludes halogenated alkanes) is 15. The topological polar surface area (TPSA) is 74.6 Å². The normalized spacial score (nSPS) is 11.9. The van der Waals surface area contributed by atoms with Crippen LogP contribution in [0.25, 0.3) is 0 Å². The van der Waals surface area contributed by atoms with E-state index in [-0.39, 0.29) is 6.42 Å². The highest BCUT2D eigenvalue weighted by atomic mass is 16.4. The highest BCUT2D eigenvalue weighted by molar-refractivity contribution is 5.66. The number of aliphatic carboxylic acids is 2. The van der Waals surface area contributed by atoms with Crippen LogP contribution in [-0.2, 0) is 9.59 Å².